The van der Waals surface area contributed by atoms with Gasteiger partial charge in [-0.05, 0) is 37.3 Å². The summed E-state index contributed by atoms with van der Waals surface area (Å²) in [5, 5.41) is 4.18. The van der Waals surface area contributed by atoms with Crippen molar-refractivity contribution in [3.63, 3.8) is 0 Å². The highest BCUT2D eigenvalue weighted by atomic mass is 35.5. The zero-order valence-corrected chi connectivity index (χ0v) is 18.1. The second-order valence-electron chi connectivity index (χ2n) is 7.41. The van der Waals surface area contributed by atoms with Crippen molar-refractivity contribution in [1.82, 2.24) is 15.1 Å². The van der Waals surface area contributed by atoms with Crippen LogP contribution in [0.5, 0.6) is 0 Å². The van der Waals surface area contributed by atoms with Crippen LogP contribution in [0.2, 0.25) is 5.02 Å². The summed E-state index contributed by atoms with van der Waals surface area (Å²) in [6.45, 7) is 0.237. The van der Waals surface area contributed by atoms with Crippen molar-refractivity contribution in [1.29, 1.82) is 0 Å². The van der Waals surface area contributed by atoms with Crippen LogP contribution < -0.4 is 10.6 Å². The maximum Gasteiger partial charge on any atom is 0.417 e. The second kappa shape index (κ2) is 8.77. The number of carbonyl (C=O) groups is 4. The van der Waals surface area contributed by atoms with E-state index in [0.717, 1.165) is 11.0 Å². The van der Waals surface area contributed by atoms with Gasteiger partial charge in [0.05, 0.1) is 23.4 Å². The molecule has 1 aliphatic heterocycles. The third kappa shape index (κ3) is 4.95. The van der Waals surface area contributed by atoms with E-state index in [4.69, 9.17) is 16.0 Å². The van der Waals surface area contributed by atoms with Crippen molar-refractivity contribution in [2.75, 3.05) is 25.5 Å². The van der Waals surface area contributed by atoms with Gasteiger partial charge in [-0.15, -0.1) is 0 Å². The number of nitrogens with one attached hydrogen (secondary N) is 2. The van der Waals surface area contributed by atoms with E-state index in [-0.39, 0.29) is 11.4 Å². The highest BCUT2D eigenvalue weighted by Crippen LogP contribution is 2.36. The number of hydrogen-bond donors (Lipinski definition) is 2. The van der Waals surface area contributed by atoms with Crippen LogP contribution in [0.15, 0.2) is 41.0 Å². The standard InChI is InChI=1S/C20H18ClF3N4O5/c1-19(14-4-3-7-33-14)17(31)28(18(32)26-19)10-16(30)27(2)9-15(29)25-11-5-6-13(21)12(8-11)20(22,23)24/h3-8H,9-10H2,1-2H3,(H,25,29)(H,26,32). The molecule has 2 aromatic rings. The van der Waals surface area contributed by atoms with Gasteiger partial charge in [-0.1, -0.05) is 11.6 Å². The minimum Gasteiger partial charge on any atom is -0.466 e. The Kier molecular flexibility index (Phi) is 6.41. The number of benzene rings is 1. The van der Waals surface area contributed by atoms with Crippen LogP contribution in [0.4, 0.5) is 23.7 Å². The average Bonchev–Trinajstić information content (AvgIpc) is 3.33. The Labute approximate surface area is 190 Å². The number of likely N-dealkylation sites (N-methyl/N-ethyl adjacent to an activating group) is 1. The Bertz CT molecular complexity index is 1110. The van der Waals surface area contributed by atoms with E-state index in [9.17, 15) is 32.3 Å². The Morgan fingerprint density at radius 3 is 2.58 bits per heavy atom. The molecule has 0 radical (unpaired) electrons. The maximum atomic E-state index is 13.0. The van der Waals surface area contributed by atoms with Crippen molar-refractivity contribution in [2.45, 2.75) is 18.6 Å². The molecule has 0 spiro atoms. The maximum absolute atomic E-state index is 13.0. The summed E-state index contributed by atoms with van der Waals surface area (Å²) in [7, 11) is 1.25. The third-order valence-corrected chi connectivity index (χ3v) is 5.27. The van der Waals surface area contributed by atoms with Crippen molar-refractivity contribution in [3.8, 4) is 0 Å². The first kappa shape index (κ1) is 24.1. The first-order valence-electron chi connectivity index (χ1n) is 9.41. The Balaban J connectivity index is 1.61. The molecule has 1 unspecified atom stereocenters. The molecule has 2 N–H and O–H groups in total. The molecule has 2 heterocycles. The van der Waals surface area contributed by atoms with Gasteiger partial charge in [0.15, 0.2) is 5.54 Å². The highest BCUT2D eigenvalue weighted by molar-refractivity contribution is 6.31. The molecule has 1 saturated heterocycles. The number of urea groups is 1. The molecule has 1 aromatic heterocycles. The number of rotatable bonds is 6. The van der Waals surface area contributed by atoms with E-state index in [2.05, 4.69) is 10.6 Å². The molecule has 3 rings (SSSR count). The number of nitrogens with zero attached hydrogens (tertiary/aromatic N) is 2. The lowest BCUT2D eigenvalue weighted by molar-refractivity contribution is -0.139. The Hall–Kier alpha value is -3.54. The number of carbonyl (C=O) groups excluding carboxylic acids is 4. The van der Waals surface area contributed by atoms with Crippen LogP contribution >= 0.6 is 11.6 Å². The molecule has 0 bridgehead atoms. The normalized spacial score (nSPS) is 18.3. The average molecular weight is 487 g/mol. The van der Waals surface area contributed by atoms with Crippen LogP contribution in [-0.2, 0) is 26.1 Å². The van der Waals surface area contributed by atoms with Crippen LogP contribution in [0.25, 0.3) is 0 Å². The monoisotopic (exact) mass is 486 g/mol. The lowest BCUT2D eigenvalue weighted by Gasteiger charge is -2.21. The molecule has 9 nitrogen and oxygen atoms in total. The summed E-state index contributed by atoms with van der Waals surface area (Å²) < 4.78 is 44.1. The fourth-order valence-electron chi connectivity index (χ4n) is 3.15. The third-order valence-electron chi connectivity index (χ3n) is 4.94. The minimum absolute atomic E-state index is 0.166. The number of alkyl halides is 3. The van der Waals surface area contributed by atoms with Crippen LogP contribution in [0, 0.1) is 0 Å². The van der Waals surface area contributed by atoms with Crippen molar-refractivity contribution in [2.24, 2.45) is 0 Å². The summed E-state index contributed by atoms with van der Waals surface area (Å²) >= 11 is 5.54. The second-order valence-corrected chi connectivity index (χ2v) is 7.82. The highest BCUT2D eigenvalue weighted by Gasteiger charge is 2.51. The van der Waals surface area contributed by atoms with E-state index in [1.807, 2.05) is 0 Å². The molecule has 1 aliphatic rings. The molecule has 1 aromatic carbocycles. The van der Waals surface area contributed by atoms with Gasteiger partial charge in [0.25, 0.3) is 5.91 Å². The van der Waals surface area contributed by atoms with E-state index in [0.29, 0.717) is 11.0 Å². The molecule has 13 heteroatoms. The number of amides is 5. The molecular formula is C20H18ClF3N4O5. The molecule has 176 valence electrons. The SMILES string of the molecule is CN(CC(=O)Nc1ccc(Cl)c(C(F)(F)F)c1)C(=O)CN1C(=O)NC(C)(c2ccco2)C1=O. The zero-order valence-electron chi connectivity index (χ0n) is 17.3. The van der Waals surface area contributed by atoms with Gasteiger partial charge in [0.1, 0.15) is 12.3 Å². The number of furan rings is 1. The fraction of sp³-hybridized carbons (Fsp3) is 0.300. The molecule has 1 fully saturated rings. The van der Waals surface area contributed by atoms with Crippen LogP contribution in [0.3, 0.4) is 0 Å². The first-order chi connectivity index (χ1) is 15.3. The van der Waals surface area contributed by atoms with Gasteiger partial charge >= 0.3 is 12.2 Å². The van der Waals surface area contributed by atoms with Gasteiger partial charge in [0, 0.05) is 12.7 Å². The number of anilines is 1. The van der Waals surface area contributed by atoms with Crippen LogP contribution in [-0.4, -0.2) is 53.7 Å². The molecule has 33 heavy (non-hydrogen) atoms. The van der Waals surface area contributed by atoms with E-state index >= 15 is 0 Å². The lowest BCUT2D eigenvalue weighted by Crippen LogP contribution is -2.45. The molecule has 0 saturated carbocycles. The molecule has 0 aliphatic carbocycles. The predicted molar refractivity (Wildman–Crippen MR) is 109 cm³/mol. The van der Waals surface area contributed by atoms with E-state index in [1.54, 1.807) is 6.07 Å². The molecule has 5 amide bonds. The van der Waals surface area contributed by atoms with E-state index < -0.39 is 59.1 Å². The first-order valence-corrected chi connectivity index (χ1v) is 9.79. The number of halogens is 4. The number of hydrogen-bond acceptors (Lipinski definition) is 5. The van der Waals surface area contributed by atoms with Crippen molar-refractivity contribution in [3.05, 3.63) is 52.9 Å². The largest absolute Gasteiger partial charge is 0.466 e. The Morgan fingerprint density at radius 2 is 1.97 bits per heavy atom. The van der Waals surface area contributed by atoms with Gasteiger partial charge in [-0.3, -0.25) is 19.3 Å². The van der Waals surface area contributed by atoms with Crippen molar-refractivity contribution < 1.29 is 36.8 Å². The summed E-state index contributed by atoms with van der Waals surface area (Å²) in [6.07, 6.45) is -3.38. The molecule has 1 atom stereocenters. The van der Waals surface area contributed by atoms with Gasteiger partial charge in [0.2, 0.25) is 11.8 Å². The van der Waals surface area contributed by atoms with E-state index in [1.165, 1.54) is 32.4 Å². The summed E-state index contributed by atoms with van der Waals surface area (Å²) in [6, 6.07) is 5.07. The summed E-state index contributed by atoms with van der Waals surface area (Å²) in [5.74, 6) is -2.07. The number of imide groups is 1. The quantitative estimate of drug-likeness (QED) is 0.610. The summed E-state index contributed by atoms with van der Waals surface area (Å²) in [4.78, 5) is 51.3. The van der Waals surface area contributed by atoms with Gasteiger partial charge < -0.3 is 20.0 Å². The molecular weight excluding hydrogens is 469 g/mol. The summed E-state index contributed by atoms with van der Waals surface area (Å²) in [5.41, 5.74) is -2.77. The van der Waals surface area contributed by atoms with Gasteiger partial charge in [-0.2, -0.15) is 13.2 Å². The zero-order chi connectivity index (χ0) is 24.6. The topological polar surface area (TPSA) is 112 Å². The smallest absolute Gasteiger partial charge is 0.417 e. The minimum atomic E-state index is -4.71. The van der Waals surface area contributed by atoms with Crippen LogP contribution in [0.1, 0.15) is 18.2 Å². The van der Waals surface area contributed by atoms with Gasteiger partial charge in [-0.25, -0.2) is 4.79 Å². The lowest BCUT2D eigenvalue weighted by atomic mass is 9.99. The fourth-order valence-corrected chi connectivity index (χ4v) is 3.38. The van der Waals surface area contributed by atoms with Crippen molar-refractivity contribution >= 4 is 41.0 Å². The predicted octanol–water partition coefficient (Wildman–Crippen LogP) is 2.82. The Morgan fingerprint density at radius 1 is 1.27 bits per heavy atom.